The van der Waals surface area contributed by atoms with Gasteiger partial charge in [0.1, 0.15) is 0 Å². The summed E-state index contributed by atoms with van der Waals surface area (Å²) >= 11 is 0. The van der Waals surface area contributed by atoms with E-state index < -0.39 is 0 Å². The summed E-state index contributed by atoms with van der Waals surface area (Å²) in [4.78, 5) is 2.47. The van der Waals surface area contributed by atoms with Crippen molar-refractivity contribution in [1.82, 2.24) is 4.90 Å². The molecule has 16 heavy (non-hydrogen) atoms. The lowest BCUT2D eigenvalue weighted by atomic mass is 10.0. The second kappa shape index (κ2) is 9.65. The van der Waals surface area contributed by atoms with E-state index >= 15 is 0 Å². The Morgan fingerprint density at radius 2 is 1.81 bits per heavy atom. The van der Waals surface area contributed by atoms with E-state index in [-0.39, 0.29) is 0 Å². The van der Waals surface area contributed by atoms with Crippen molar-refractivity contribution in [2.75, 3.05) is 13.6 Å². The maximum absolute atomic E-state index is 2.47. The minimum Gasteiger partial charge on any atom is -0.299 e. The zero-order chi connectivity index (χ0) is 12.4. The van der Waals surface area contributed by atoms with Crippen LogP contribution in [0.1, 0.15) is 53.4 Å². The first kappa shape index (κ1) is 15.4. The van der Waals surface area contributed by atoms with E-state index in [9.17, 15) is 0 Å². The van der Waals surface area contributed by atoms with Gasteiger partial charge in [0.15, 0.2) is 0 Å². The molecule has 0 aliphatic heterocycles. The molecule has 0 aromatic rings. The first-order chi connectivity index (χ1) is 7.71. The van der Waals surface area contributed by atoms with Crippen molar-refractivity contribution in [3.05, 3.63) is 23.8 Å². The first-order valence-corrected chi connectivity index (χ1v) is 6.77. The lowest BCUT2D eigenvalue weighted by Gasteiger charge is -2.28. The van der Waals surface area contributed by atoms with Gasteiger partial charge in [0.2, 0.25) is 0 Å². The average Bonchev–Trinajstić information content (AvgIpc) is 2.27. The first-order valence-electron chi connectivity index (χ1n) is 6.77. The SMILES string of the molecule is CC/C=C\C(=C/CC)C(CC)N(C)CCC. The van der Waals surface area contributed by atoms with Gasteiger partial charge in [-0.1, -0.05) is 45.9 Å². The Morgan fingerprint density at radius 3 is 2.25 bits per heavy atom. The van der Waals surface area contributed by atoms with Gasteiger partial charge < -0.3 is 0 Å². The van der Waals surface area contributed by atoms with Crippen LogP contribution in [-0.2, 0) is 0 Å². The van der Waals surface area contributed by atoms with Crippen LogP contribution in [0, 0.1) is 0 Å². The third kappa shape index (κ3) is 5.50. The highest BCUT2D eigenvalue weighted by Gasteiger charge is 2.14. The molecule has 0 N–H and O–H groups in total. The zero-order valence-corrected chi connectivity index (χ0v) is 11.8. The minimum absolute atomic E-state index is 0.586. The molecule has 0 aromatic carbocycles. The Hall–Kier alpha value is -0.560. The van der Waals surface area contributed by atoms with Gasteiger partial charge in [0, 0.05) is 6.04 Å². The summed E-state index contributed by atoms with van der Waals surface area (Å²) in [6.45, 7) is 10.1. The lowest BCUT2D eigenvalue weighted by Crippen LogP contribution is -2.33. The molecule has 0 aromatic heterocycles. The number of hydrogen-bond donors (Lipinski definition) is 0. The van der Waals surface area contributed by atoms with E-state index in [1.165, 1.54) is 25.0 Å². The van der Waals surface area contributed by atoms with Gasteiger partial charge in [-0.15, -0.1) is 0 Å². The van der Waals surface area contributed by atoms with Crippen molar-refractivity contribution >= 4 is 0 Å². The quantitative estimate of drug-likeness (QED) is 0.551. The molecule has 0 heterocycles. The maximum Gasteiger partial charge on any atom is 0.0339 e. The van der Waals surface area contributed by atoms with E-state index in [0.29, 0.717) is 6.04 Å². The Balaban J connectivity index is 4.70. The highest BCUT2D eigenvalue weighted by molar-refractivity contribution is 5.24. The van der Waals surface area contributed by atoms with E-state index in [0.717, 1.165) is 12.8 Å². The molecule has 0 spiro atoms. The van der Waals surface area contributed by atoms with Crippen molar-refractivity contribution in [3.8, 4) is 0 Å². The molecule has 1 atom stereocenters. The third-order valence-corrected chi connectivity index (χ3v) is 2.87. The minimum atomic E-state index is 0.586. The second-order valence-corrected chi connectivity index (χ2v) is 4.33. The van der Waals surface area contributed by atoms with Gasteiger partial charge in [0.25, 0.3) is 0 Å². The van der Waals surface area contributed by atoms with Gasteiger partial charge >= 0.3 is 0 Å². The molecule has 0 saturated carbocycles. The number of likely N-dealkylation sites (N-methyl/N-ethyl adjacent to an activating group) is 1. The van der Waals surface area contributed by atoms with Crippen molar-refractivity contribution in [3.63, 3.8) is 0 Å². The summed E-state index contributed by atoms with van der Waals surface area (Å²) in [6.07, 6.45) is 11.6. The summed E-state index contributed by atoms with van der Waals surface area (Å²) in [5.74, 6) is 0. The van der Waals surface area contributed by atoms with Crippen LogP contribution in [0.2, 0.25) is 0 Å². The van der Waals surface area contributed by atoms with E-state index in [4.69, 9.17) is 0 Å². The predicted octanol–water partition coefficient (Wildman–Crippen LogP) is 4.41. The molecule has 1 nitrogen and oxygen atoms in total. The van der Waals surface area contributed by atoms with Crippen molar-refractivity contribution in [2.45, 2.75) is 59.4 Å². The van der Waals surface area contributed by atoms with E-state index in [1.807, 2.05) is 0 Å². The van der Waals surface area contributed by atoms with Crippen LogP contribution in [-0.4, -0.2) is 24.5 Å². The van der Waals surface area contributed by atoms with E-state index in [2.05, 4.69) is 57.9 Å². The summed E-state index contributed by atoms with van der Waals surface area (Å²) < 4.78 is 0. The normalized spacial score (nSPS) is 15.0. The monoisotopic (exact) mass is 223 g/mol. The summed E-state index contributed by atoms with van der Waals surface area (Å²) in [5, 5.41) is 0. The second-order valence-electron chi connectivity index (χ2n) is 4.33. The van der Waals surface area contributed by atoms with Gasteiger partial charge in [-0.2, -0.15) is 0 Å². The molecule has 0 aliphatic carbocycles. The molecule has 1 unspecified atom stereocenters. The van der Waals surface area contributed by atoms with Crippen LogP contribution in [0.4, 0.5) is 0 Å². The number of nitrogens with zero attached hydrogens (tertiary/aromatic N) is 1. The van der Waals surface area contributed by atoms with Crippen molar-refractivity contribution in [1.29, 1.82) is 0 Å². The third-order valence-electron chi connectivity index (χ3n) is 2.87. The van der Waals surface area contributed by atoms with Crippen LogP contribution < -0.4 is 0 Å². The molecule has 0 radical (unpaired) electrons. The highest BCUT2D eigenvalue weighted by Crippen LogP contribution is 2.16. The predicted molar refractivity (Wildman–Crippen MR) is 74.8 cm³/mol. The largest absolute Gasteiger partial charge is 0.299 e. The molecule has 0 fully saturated rings. The van der Waals surface area contributed by atoms with Crippen LogP contribution in [0.3, 0.4) is 0 Å². The standard InChI is InChI=1S/C15H29N/c1-6-10-12-14(11-7-2)15(9-4)16(5)13-8-3/h10-12,15H,6-9,13H2,1-5H3/b12-10-,14-11+. The maximum atomic E-state index is 2.47. The molecular weight excluding hydrogens is 194 g/mol. The molecule has 0 rings (SSSR count). The Morgan fingerprint density at radius 1 is 1.12 bits per heavy atom. The Bertz CT molecular complexity index is 215. The molecule has 1 heteroatoms. The average molecular weight is 223 g/mol. The highest BCUT2D eigenvalue weighted by atomic mass is 15.1. The fourth-order valence-corrected chi connectivity index (χ4v) is 2.12. The van der Waals surface area contributed by atoms with Crippen LogP contribution >= 0.6 is 0 Å². The zero-order valence-electron chi connectivity index (χ0n) is 11.8. The van der Waals surface area contributed by atoms with E-state index in [1.54, 1.807) is 0 Å². The molecule has 94 valence electrons. The van der Waals surface area contributed by atoms with Gasteiger partial charge in [-0.25, -0.2) is 0 Å². The Labute approximate surface area is 102 Å². The van der Waals surface area contributed by atoms with Gasteiger partial charge in [-0.3, -0.25) is 4.90 Å². The summed E-state index contributed by atoms with van der Waals surface area (Å²) in [7, 11) is 2.24. The van der Waals surface area contributed by atoms with Gasteiger partial charge in [0.05, 0.1) is 0 Å². The Kier molecular flexibility index (Phi) is 9.31. The molecule has 0 bridgehead atoms. The fraction of sp³-hybridized carbons (Fsp3) is 0.733. The molecule has 0 amide bonds. The molecule has 0 saturated heterocycles. The lowest BCUT2D eigenvalue weighted by molar-refractivity contribution is 0.269. The smallest absolute Gasteiger partial charge is 0.0339 e. The van der Waals surface area contributed by atoms with Crippen LogP contribution in [0.5, 0.6) is 0 Å². The van der Waals surface area contributed by atoms with Crippen LogP contribution in [0.15, 0.2) is 23.8 Å². The topological polar surface area (TPSA) is 3.24 Å². The van der Waals surface area contributed by atoms with Crippen LogP contribution in [0.25, 0.3) is 0 Å². The van der Waals surface area contributed by atoms with Gasteiger partial charge in [-0.05, 0) is 44.8 Å². The number of allylic oxidation sites excluding steroid dienone is 2. The fourth-order valence-electron chi connectivity index (χ4n) is 2.12. The number of rotatable bonds is 8. The summed E-state index contributed by atoms with van der Waals surface area (Å²) in [5.41, 5.74) is 1.49. The van der Waals surface area contributed by atoms with Crippen molar-refractivity contribution in [2.24, 2.45) is 0 Å². The number of hydrogen-bond acceptors (Lipinski definition) is 1. The molecular formula is C15H29N. The molecule has 0 aliphatic rings. The summed E-state index contributed by atoms with van der Waals surface area (Å²) in [6, 6.07) is 0.586. The van der Waals surface area contributed by atoms with Crippen molar-refractivity contribution < 1.29 is 0 Å².